The number of nitrogens with two attached hydrogens (primary N) is 1. The maximum Gasteiger partial charge on any atom is 0.252 e. The van der Waals surface area contributed by atoms with Crippen molar-refractivity contribution >= 4 is 16.7 Å². The first-order chi connectivity index (χ1) is 13.6. The average Bonchev–Trinajstić information content (AvgIpc) is 2.60. The molecule has 6 heteroatoms. The molecule has 2 heterocycles. The first-order valence-electron chi connectivity index (χ1n) is 9.59. The maximum absolute atomic E-state index is 13.0. The summed E-state index contributed by atoms with van der Waals surface area (Å²) in [5, 5.41) is 10.6. The minimum absolute atomic E-state index is 0.0404. The van der Waals surface area contributed by atoms with Crippen LogP contribution in [0.2, 0.25) is 0 Å². The zero-order chi connectivity index (χ0) is 21.1. The Morgan fingerprint density at radius 3 is 2.55 bits per heavy atom. The summed E-state index contributed by atoms with van der Waals surface area (Å²) in [7, 11) is 0. The van der Waals surface area contributed by atoms with Crippen LogP contribution >= 0.6 is 0 Å². The molecule has 1 aromatic heterocycles. The Bertz CT molecular complexity index is 1240. The van der Waals surface area contributed by atoms with Crippen molar-refractivity contribution in [3.8, 4) is 6.07 Å². The first kappa shape index (κ1) is 19.0. The van der Waals surface area contributed by atoms with Gasteiger partial charge in [-0.15, -0.1) is 0 Å². The average molecular weight is 389 g/mol. The van der Waals surface area contributed by atoms with Crippen molar-refractivity contribution in [1.29, 1.82) is 5.26 Å². The van der Waals surface area contributed by atoms with E-state index in [4.69, 9.17) is 10.5 Å². The maximum atomic E-state index is 13.0. The van der Waals surface area contributed by atoms with Gasteiger partial charge in [0.05, 0.1) is 5.92 Å². The van der Waals surface area contributed by atoms with Crippen LogP contribution in [-0.4, -0.2) is 10.8 Å². The SMILES string of the molecule is Cc1cc2cc([C@H]3C(C#N)=C(N)OC4=C3C(=O)CC(C)(C)C4)c(=O)[nH]c2cc1C. The van der Waals surface area contributed by atoms with Crippen LogP contribution in [-0.2, 0) is 9.53 Å². The number of fused-ring (bicyclic) bond motifs is 1. The lowest BCUT2D eigenvalue weighted by atomic mass is 9.70. The Balaban J connectivity index is 1.99. The second-order valence-corrected chi connectivity index (χ2v) is 8.78. The molecule has 1 atom stereocenters. The first-order valence-corrected chi connectivity index (χ1v) is 9.59. The van der Waals surface area contributed by atoms with Gasteiger partial charge in [0.25, 0.3) is 5.56 Å². The number of hydrogen-bond acceptors (Lipinski definition) is 5. The Morgan fingerprint density at radius 1 is 1.17 bits per heavy atom. The highest BCUT2D eigenvalue weighted by Gasteiger charge is 2.43. The van der Waals surface area contributed by atoms with Gasteiger partial charge in [-0.1, -0.05) is 13.8 Å². The number of aryl methyl sites for hydroxylation is 2. The third-order valence-corrected chi connectivity index (χ3v) is 5.87. The van der Waals surface area contributed by atoms with Crippen LogP contribution in [0.4, 0.5) is 0 Å². The fourth-order valence-corrected chi connectivity index (χ4v) is 4.30. The van der Waals surface area contributed by atoms with Gasteiger partial charge < -0.3 is 15.5 Å². The van der Waals surface area contributed by atoms with Crippen LogP contribution in [0.15, 0.2) is 45.8 Å². The molecule has 0 bridgehead atoms. The number of rotatable bonds is 1. The summed E-state index contributed by atoms with van der Waals surface area (Å²) in [6.45, 7) is 7.96. The topological polar surface area (TPSA) is 109 Å². The van der Waals surface area contributed by atoms with Crippen molar-refractivity contribution in [2.45, 2.75) is 46.5 Å². The summed E-state index contributed by atoms with van der Waals surface area (Å²) in [4.78, 5) is 29.0. The fraction of sp³-hybridized carbons (Fsp3) is 0.348. The number of aromatic nitrogens is 1. The molecule has 0 spiro atoms. The van der Waals surface area contributed by atoms with Crippen molar-refractivity contribution in [1.82, 2.24) is 4.98 Å². The second-order valence-electron chi connectivity index (χ2n) is 8.78. The second kappa shape index (κ2) is 6.35. The van der Waals surface area contributed by atoms with Gasteiger partial charge in [-0.2, -0.15) is 5.26 Å². The van der Waals surface area contributed by atoms with Gasteiger partial charge in [0.2, 0.25) is 5.88 Å². The van der Waals surface area contributed by atoms with Crippen LogP contribution in [0, 0.1) is 30.6 Å². The molecule has 0 unspecified atom stereocenters. The third-order valence-electron chi connectivity index (χ3n) is 5.87. The monoisotopic (exact) mass is 389 g/mol. The zero-order valence-corrected chi connectivity index (χ0v) is 17.0. The number of allylic oxidation sites excluding steroid dienone is 3. The largest absolute Gasteiger partial charge is 0.444 e. The normalized spacial score (nSPS) is 21.1. The summed E-state index contributed by atoms with van der Waals surface area (Å²) in [5.74, 6) is -0.503. The van der Waals surface area contributed by atoms with Crippen molar-refractivity contribution < 1.29 is 9.53 Å². The number of Topliss-reactive ketones (excluding diaryl/α,β-unsaturated/α-hetero) is 1. The number of nitrogens with one attached hydrogen (secondary N) is 1. The number of aromatic amines is 1. The van der Waals surface area contributed by atoms with E-state index in [2.05, 4.69) is 11.1 Å². The number of pyridine rings is 1. The third kappa shape index (κ3) is 3.03. The molecule has 2 aliphatic rings. The predicted molar refractivity (Wildman–Crippen MR) is 110 cm³/mol. The molecule has 4 rings (SSSR count). The summed E-state index contributed by atoms with van der Waals surface area (Å²) >= 11 is 0. The zero-order valence-electron chi connectivity index (χ0n) is 17.0. The highest BCUT2D eigenvalue weighted by Crippen LogP contribution is 2.47. The number of carbonyl (C=O) groups excluding carboxylic acids is 1. The van der Waals surface area contributed by atoms with Crippen LogP contribution in [0.3, 0.4) is 0 Å². The minimum Gasteiger partial charge on any atom is -0.444 e. The van der Waals surface area contributed by atoms with E-state index >= 15 is 0 Å². The molecule has 0 fully saturated rings. The quantitative estimate of drug-likeness (QED) is 0.774. The molecular formula is C23H23N3O3. The van der Waals surface area contributed by atoms with E-state index in [1.807, 2.05) is 39.8 Å². The summed E-state index contributed by atoms with van der Waals surface area (Å²) in [5.41, 5.74) is 9.14. The number of hydrogen-bond donors (Lipinski definition) is 2. The number of ketones is 1. The smallest absolute Gasteiger partial charge is 0.252 e. The molecule has 0 saturated heterocycles. The number of carbonyl (C=O) groups is 1. The molecule has 3 N–H and O–H groups in total. The molecule has 0 amide bonds. The highest BCUT2D eigenvalue weighted by atomic mass is 16.5. The van der Waals surface area contributed by atoms with Gasteiger partial charge in [-0.3, -0.25) is 9.59 Å². The lowest BCUT2D eigenvalue weighted by Gasteiger charge is -2.37. The van der Waals surface area contributed by atoms with E-state index in [9.17, 15) is 14.9 Å². The Labute approximate surface area is 168 Å². The van der Waals surface area contributed by atoms with Crippen LogP contribution in [0.25, 0.3) is 10.9 Å². The molecule has 1 aliphatic carbocycles. The van der Waals surface area contributed by atoms with Gasteiger partial charge in [0, 0.05) is 29.5 Å². The molecule has 29 heavy (non-hydrogen) atoms. The van der Waals surface area contributed by atoms with Crippen molar-refractivity contribution in [2.75, 3.05) is 0 Å². The molecule has 2 aromatic rings. The van der Waals surface area contributed by atoms with E-state index in [1.54, 1.807) is 6.07 Å². The van der Waals surface area contributed by atoms with E-state index in [0.717, 1.165) is 22.0 Å². The van der Waals surface area contributed by atoms with Gasteiger partial charge >= 0.3 is 0 Å². The minimum atomic E-state index is -0.817. The number of nitrogens with zero attached hydrogens (tertiary/aromatic N) is 1. The van der Waals surface area contributed by atoms with Crippen molar-refractivity contribution in [2.24, 2.45) is 11.1 Å². The van der Waals surface area contributed by atoms with Gasteiger partial charge in [-0.05, 0) is 54.0 Å². The molecule has 6 nitrogen and oxygen atoms in total. The lowest BCUT2D eigenvalue weighted by Crippen LogP contribution is -2.35. The number of nitriles is 1. The number of H-pyrrole nitrogens is 1. The highest BCUT2D eigenvalue weighted by molar-refractivity contribution is 6.00. The fourth-order valence-electron chi connectivity index (χ4n) is 4.30. The van der Waals surface area contributed by atoms with Gasteiger partial charge in [0.1, 0.15) is 17.4 Å². The van der Waals surface area contributed by atoms with E-state index in [1.165, 1.54) is 0 Å². The summed E-state index contributed by atoms with van der Waals surface area (Å²) in [6, 6.07) is 7.74. The van der Waals surface area contributed by atoms with Crippen LogP contribution in [0.1, 0.15) is 49.3 Å². The predicted octanol–water partition coefficient (Wildman–Crippen LogP) is 3.60. The molecule has 1 aromatic carbocycles. The Morgan fingerprint density at radius 2 is 1.86 bits per heavy atom. The van der Waals surface area contributed by atoms with E-state index in [0.29, 0.717) is 29.7 Å². The van der Waals surface area contributed by atoms with Crippen LogP contribution < -0.4 is 11.3 Å². The summed E-state index contributed by atoms with van der Waals surface area (Å²) < 4.78 is 5.70. The lowest BCUT2D eigenvalue weighted by molar-refractivity contribution is -0.119. The molecule has 0 saturated carbocycles. The van der Waals surface area contributed by atoms with Crippen molar-refractivity contribution in [3.05, 3.63) is 68.0 Å². The van der Waals surface area contributed by atoms with Crippen molar-refractivity contribution in [3.63, 3.8) is 0 Å². The number of benzene rings is 1. The van der Waals surface area contributed by atoms with Gasteiger partial charge in [-0.25, -0.2) is 0 Å². The van der Waals surface area contributed by atoms with Gasteiger partial charge in [0.15, 0.2) is 5.78 Å². The summed E-state index contributed by atoms with van der Waals surface area (Å²) in [6.07, 6.45) is 0.849. The molecule has 1 aliphatic heterocycles. The van der Waals surface area contributed by atoms with E-state index < -0.39 is 5.92 Å². The number of ether oxygens (including phenoxy) is 1. The molecular weight excluding hydrogens is 366 g/mol. The Hall–Kier alpha value is -3.33. The standard InChI is InChI=1S/C23H23N3O3/c1-11-5-13-7-14(22(28)26-16(13)6-12(11)2)19-15(10-24)21(25)29-18-9-23(3,4)8-17(27)20(18)19/h5-7,19H,8-9,25H2,1-4H3,(H,26,28)/t19-/m0/s1. The molecule has 0 radical (unpaired) electrons. The Kier molecular flexibility index (Phi) is 4.16. The van der Waals surface area contributed by atoms with E-state index in [-0.39, 0.29) is 28.2 Å². The molecule has 148 valence electrons. The van der Waals surface area contributed by atoms with Crippen LogP contribution in [0.5, 0.6) is 0 Å².